The summed E-state index contributed by atoms with van der Waals surface area (Å²) < 4.78 is 46.5. The molecule has 3 aromatic rings. The van der Waals surface area contributed by atoms with Gasteiger partial charge in [-0.25, -0.2) is 12.8 Å². The van der Waals surface area contributed by atoms with Crippen molar-refractivity contribution in [1.29, 1.82) is 0 Å². The number of hydrogen-bond donors (Lipinski definition) is 1. The van der Waals surface area contributed by atoms with E-state index in [1.807, 2.05) is 0 Å². The first-order valence-electron chi connectivity index (χ1n) is 8.64. The molecule has 2 heterocycles. The van der Waals surface area contributed by atoms with Crippen LogP contribution in [-0.2, 0) is 10.0 Å². The van der Waals surface area contributed by atoms with Crippen molar-refractivity contribution in [2.75, 3.05) is 4.72 Å². The molecular weight excluding hydrogens is 389 g/mol. The first kappa shape index (κ1) is 18.1. The van der Waals surface area contributed by atoms with Crippen LogP contribution in [0.4, 0.5) is 10.1 Å². The second-order valence-electron chi connectivity index (χ2n) is 6.66. The first-order chi connectivity index (χ1) is 12.9. The molecule has 0 bridgehead atoms. The Bertz CT molecular complexity index is 1070. The molecule has 1 fully saturated rings. The van der Waals surface area contributed by atoms with E-state index < -0.39 is 15.8 Å². The molecule has 1 N–H and O–H groups in total. The molecular formula is C18H18FN3O3S2. The zero-order chi connectivity index (χ0) is 19.0. The van der Waals surface area contributed by atoms with Crippen LogP contribution in [0.1, 0.15) is 43.1 Å². The van der Waals surface area contributed by atoms with Gasteiger partial charge in [-0.1, -0.05) is 18.0 Å². The molecule has 9 heteroatoms. The highest BCUT2D eigenvalue weighted by atomic mass is 32.2. The second-order valence-corrected chi connectivity index (χ2v) is 9.48. The quantitative estimate of drug-likeness (QED) is 0.662. The predicted molar refractivity (Wildman–Crippen MR) is 101 cm³/mol. The number of halogens is 1. The summed E-state index contributed by atoms with van der Waals surface area (Å²) in [6, 6.07) is 5.43. The van der Waals surface area contributed by atoms with Gasteiger partial charge in [-0.15, -0.1) is 11.3 Å². The summed E-state index contributed by atoms with van der Waals surface area (Å²) in [6.07, 6.45) is 4.42. The van der Waals surface area contributed by atoms with E-state index in [4.69, 9.17) is 4.52 Å². The lowest BCUT2D eigenvalue weighted by molar-refractivity contribution is 0.354. The molecule has 2 aromatic heterocycles. The second kappa shape index (κ2) is 7.05. The lowest BCUT2D eigenvalue weighted by Gasteiger charge is -2.09. The minimum Gasteiger partial charge on any atom is -0.339 e. The van der Waals surface area contributed by atoms with Crippen molar-refractivity contribution in [2.45, 2.75) is 42.7 Å². The van der Waals surface area contributed by atoms with Gasteiger partial charge in [0.15, 0.2) is 0 Å². The molecule has 0 atom stereocenters. The van der Waals surface area contributed by atoms with Crippen molar-refractivity contribution in [1.82, 2.24) is 10.1 Å². The fraction of sp³-hybridized carbons (Fsp3) is 0.333. The zero-order valence-electron chi connectivity index (χ0n) is 14.6. The van der Waals surface area contributed by atoms with E-state index in [0.717, 1.165) is 37.0 Å². The van der Waals surface area contributed by atoms with Crippen LogP contribution >= 0.6 is 11.3 Å². The van der Waals surface area contributed by atoms with Gasteiger partial charge in [-0.2, -0.15) is 4.98 Å². The molecule has 4 rings (SSSR count). The molecule has 0 aliphatic heterocycles. The summed E-state index contributed by atoms with van der Waals surface area (Å²) in [4.78, 5) is 4.44. The van der Waals surface area contributed by atoms with E-state index in [2.05, 4.69) is 14.9 Å². The minimum absolute atomic E-state index is 0.133. The van der Waals surface area contributed by atoms with E-state index in [1.54, 1.807) is 12.3 Å². The molecule has 27 heavy (non-hydrogen) atoms. The van der Waals surface area contributed by atoms with Gasteiger partial charge in [0.1, 0.15) is 10.0 Å². The average molecular weight is 407 g/mol. The van der Waals surface area contributed by atoms with Crippen molar-refractivity contribution in [3.05, 3.63) is 46.9 Å². The maximum absolute atomic E-state index is 13.2. The Hall–Kier alpha value is -2.26. The van der Waals surface area contributed by atoms with Crippen molar-refractivity contribution in [2.24, 2.45) is 0 Å². The Balaban J connectivity index is 1.56. The van der Waals surface area contributed by atoms with E-state index in [9.17, 15) is 12.8 Å². The molecule has 1 aliphatic rings. The average Bonchev–Trinajstić information content (AvgIpc) is 3.37. The summed E-state index contributed by atoms with van der Waals surface area (Å²) in [5.74, 6) is 0.908. The summed E-state index contributed by atoms with van der Waals surface area (Å²) in [5, 5.41) is 5.69. The number of thiophene rings is 1. The Morgan fingerprint density at radius 1 is 1.26 bits per heavy atom. The predicted octanol–water partition coefficient (Wildman–Crippen LogP) is 4.70. The van der Waals surface area contributed by atoms with Crippen LogP contribution in [0.15, 0.2) is 38.4 Å². The van der Waals surface area contributed by atoms with Gasteiger partial charge in [-0.3, -0.25) is 4.72 Å². The number of aryl methyl sites for hydroxylation is 1. The van der Waals surface area contributed by atoms with Crippen LogP contribution in [0.5, 0.6) is 0 Å². The van der Waals surface area contributed by atoms with E-state index >= 15 is 0 Å². The number of aromatic nitrogens is 2. The first-order valence-corrected chi connectivity index (χ1v) is 11.0. The number of benzene rings is 1. The molecule has 0 unspecified atom stereocenters. The number of sulfonamides is 1. The van der Waals surface area contributed by atoms with Gasteiger partial charge in [0.05, 0.1) is 5.69 Å². The topological polar surface area (TPSA) is 85.1 Å². The van der Waals surface area contributed by atoms with Crippen molar-refractivity contribution in [3.8, 4) is 11.4 Å². The molecule has 1 aromatic carbocycles. The molecule has 0 amide bonds. The molecule has 6 nitrogen and oxygen atoms in total. The standard InChI is InChI=1S/C18H18FN3O3S2/c1-11-8-14(19)6-7-15(11)22-27(23,24)16-9-13(10-26-16)17-20-18(25-21-17)12-4-2-3-5-12/h6-10,12,22H,2-5H2,1H3. The van der Waals surface area contributed by atoms with Crippen molar-refractivity contribution in [3.63, 3.8) is 0 Å². The highest BCUT2D eigenvalue weighted by Crippen LogP contribution is 2.35. The van der Waals surface area contributed by atoms with Gasteiger partial charge in [0, 0.05) is 16.9 Å². The van der Waals surface area contributed by atoms with Crippen LogP contribution in [0.2, 0.25) is 0 Å². The maximum Gasteiger partial charge on any atom is 0.271 e. The summed E-state index contributed by atoms with van der Waals surface area (Å²) >= 11 is 1.07. The monoisotopic (exact) mass is 407 g/mol. The Morgan fingerprint density at radius 3 is 2.78 bits per heavy atom. The Labute approximate surface area is 160 Å². The molecule has 0 spiro atoms. The van der Waals surface area contributed by atoms with E-state index in [0.29, 0.717) is 34.4 Å². The minimum atomic E-state index is -3.78. The summed E-state index contributed by atoms with van der Waals surface area (Å²) in [7, 11) is -3.78. The largest absolute Gasteiger partial charge is 0.339 e. The summed E-state index contributed by atoms with van der Waals surface area (Å²) in [5.41, 5.74) is 1.45. The third-order valence-corrected chi connectivity index (χ3v) is 7.48. The third kappa shape index (κ3) is 3.74. The zero-order valence-corrected chi connectivity index (χ0v) is 16.2. The van der Waals surface area contributed by atoms with Gasteiger partial charge in [0.25, 0.3) is 10.0 Å². The molecule has 0 saturated heterocycles. The highest BCUT2D eigenvalue weighted by Gasteiger charge is 2.24. The third-order valence-electron chi connectivity index (χ3n) is 4.68. The lowest BCUT2D eigenvalue weighted by atomic mass is 10.1. The van der Waals surface area contributed by atoms with Crippen LogP contribution in [0.25, 0.3) is 11.4 Å². The lowest BCUT2D eigenvalue weighted by Crippen LogP contribution is -2.12. The Kier molecular flexibility index (Phi) is 4.73. The summed E-state index contributed by atoms with van der Waals surface area (Å²) in [6.45, 7) is 1.64. The number of rotatable bonds is 5. The van der Waals surface area contributed by atoms with Gasteiger partial charge in [-0.05, 0) is 49.6 Å². The van der Waals surface area contributed by atoms with Gasteiger partial charge in [0.2, 0.25) is 11.7 Å². The van der Waals surface area contributed by atoms with Crippen molar-refractivity contribution < 1.29 is 17.3 Å². The number of anilines is 1. The normalized spacial score (nSPS) is 15.3. The van der Waals surface area contributed by atoms with Crippen LogP contribution < -0.4 is 4.72 Å². The Morgan fingerprint density at radius 2 is 2.04 bits per heavy atom. The fourth-order valence-electron chi connectivity index (χ4n) is 3.20. The smallest absolute Gasteiger partial charge is 0.271 e. The van der Waals surface area contributed by atoms with E-state index in [1.165, 1.54) is 24.3 Å². The SMILES string of the molecule is Cc1cc(F)ccc1NS(=O)(=O)c1cc(-c2noc(C3CCCC3)n2)cs1. The van der Waals surface area contributed by atoms with Gasteiger partial charge < -0.3 is 4.52 Å². The molecule has 1 aliphatic carbocycles. The number of hydrogen-bond acceptors (Lipinski definition) is 6. The highest BCUT2D eigenvalue weighted by molar-refractivity contribution is 7.94. The maximum atomic E-state index is 13.2. The number of nitrogens with one attached hydrogen (secondary N) is 1. The molecule has 1 saturated carbocycles. The molecule has 142 valence electrons. The van der Waals surface area contributed by atoms with Crippen molar-refractivity contribution >= 4 is 27.0 Å². The van der Waals surface area contributed by atoms with Gasteiger partial charge >= 0.3 is 0 Å². The van der Waals surface area contributed by atoms with Crippen LogP contribution in [0.3, 0.4) is 0 Å². The molecule has 0 radical (unpaired) electrons. The number of nitrogens with zero attached hydrogens (tertiary/aromatic N) is 2. The van der Waals surface area contributed by atoms with Crippen LogP contribution in [-0.4, -0.2) is 18.6 Å². The fourth-order valence-corrected chi connectivity index (χ4v) is 5.49. The van der Waals surface area contributed by atoms with E-state index in [-0.39, 0.29) is 4.21 Å². The van der Waals surface area contributed by atoms with Crippen LogP contribution in [0, 0.1) is 12.7 Å².